The summed E-state index contributed by atoms with van der Waals surface area (Å²) in [5.41, 5.74) is 0. The molecule has 0 rings (SSSR count). The maximum atomic E-state index is 0. The van der Waals surface area contributed by atoms with Gasteiger partial charge < -0.3 is 16.4 Å². The molecule has 0 radical (unpaired) electrons. The smallest absolute Gasteiger partial charge is 2.00 e. The average molecular weight is 178 g/mol. The first kappa shape index (κ1) is 325. The van der Waals surface area contributed by atoms with Crippen molar-refractivity contribution in [2.45, 2.75) is 0 Å². The van der Waals surface area contributed by atoms with Crippen LogP contribution in [0.3, 0.4) is 0 Å². The van der Waals surface area contributed by atoms with Crippen LogP contribution in [-0.4, -0.2) is 0 Å². The fourth-order valence-electron chi connectivity index (χ4n) is 0. The maximum Gasteiger partial charge on any atom is 3.00 e. The van der Waals surface area contributed by atoms with Crippen LogP contribution >= 0.6 is 0 Å². The number of hydrogen-bond acceptors (Lipinski definition) is 0. The quantitative estimate of drug-likeness (QED) is 0.459. The van der Waals surface area contributed by atoms with Crippen LogP contribution in [0, 0.1) is 0 Å². The molecule has 0 N–H and O–H groups in total. The molecule has 0 aromatic carbocycles. The van der Waals surface area contributed by atoms with Crippen LogP contribution < -0.4 is 0 Å². The molecule has 0 aliphatic rings. The molecule has 0 heterocycles. The van der Waals surface area contributed by atoms with Crippen molar-refractivity contribution in [2.75, 3.05) is 0 Å². The molecule has 3 nitrogen and oxygen atoms in total. The van der Waals surface area contributed by atoms with E-state index < -0.39 is 0 Å². The van der Waals surface area contributed by atoms with Crippen LogP contribution in [-0.2, 0) is 50.6 Å². The maximum absolute atomic E-state index is 0. The molecule has 0 atom stereocenters. The third-order valence-corrected chi connectivity index (χ3v) is 0. The van der Waals surface area contributed by atoms with E-state index in [2.05, 4.69) is 0 Å². The van der Waals surface area contributed by atoms with E-state index in [0.29, 0.717) is 0 Å². The molecular formula is HFMn2O3. The van der Waals surface area contributed by atoms with Crippen molar-refractivity contribution in [3.63, 3.8) is 0 Å². The summed E-state index contributed by atoms with van der Waals surface area (Å²) in [4.78, 5) is 0. The Bertz CT molecular complexity index is 8.75. The van der Waals surface area contributed by atoms with Crippen LogP contribution in [0.1, 0.15) is 0 Å². The van der Waals surface area contributed by atoms with E-state index in [1.807, 2.05) is 0 Å². The monoisotopic (exact) mass is 178 g/mol. The first-order valence-corrected chi connectivity index (χ1v) is 0. The minimum Gasteiger partial charge on any atom is -2.00 e. The second-order valence-electron chi connectivity index (χ2n) is 0. The second-order valence-corrected chi connectivity index (χ2v) is 0. The fourth-order valence-corrected chi connectivity index (χ4v) is 0. The molecule has 6 heavy (non-hydrogen) atoms. The summed E-state index contributed by atoms with van der Waals surface area (Å²) in [7, 11) is 0. The Morgan fingerprint density at radius 2 is 0.500 bits per heavy atom. The summed E-state index contributed by atoms with van der Waals surface area (Å²) in [6.45, 7) is 0. The van der Waals surface area contributed by atoms with Crippen molar-refractivity contribution in [3.05, 3.63) is 0 Å². The SMILES string of the molecule is F.[Mn+3].[Mn+3].[O-2].[O-2].[O-2]. The Labute approximate surface area is 55.7 Å². The minimum absolute atomic E-state index is 0. The summed E-state index contributed by atoms with van der Waals surface area (Å²) in [6.07, 6.45) is 0. The minimum atomic E-state index is 0. The largest absolute Gasteiger partial charge is 3.00 e. The number of halogens is 1. The molecule has 0 unspecified atom stereocenters. The van der Waals surface area contributed by atoms with Gasteiger partial charge in [0.25, 0.3) is 0 Å². The Morgan fingerprint density at radius 3 is 0.500 bits per heavy atom. The molecule has 6 heteroatoms. The van der Waals surface area contributed by atoms with Crippen LogP contribution in [0.5, 0.6) is 0 Å². The molecule has 0 aromatic rings. The molecule has 0 saturated carbocycles. The summed E-state index contributed by atoms with van der Waals surface area (Å²) >= 11 is 0. The van der Waals surface area contributed by atoms with E-state index in [1.165, 1.54) is 0 Å². The van der Waals surface area contributed by atoms with Gasteiger partial charge in [-0.05, 0) is 0 Å². The first-order chi connectivity index (χ1) is 0. The Morgan fingerprint density at radius 1 is 0.500 bits per heavy atom. The number of hydrogen-bond donors (Lipinski definition) is 0. The average Bonchev–Trinajstić information content (AvgIpc) is 0. The molecular weight excluding hydrogens is 177 g/mol. The van der Waals surface area contributed by atoms with Crippen molar-refractivity contribution in [3.8, 4) is 0 Å². The van der Waals surface area contributed by atoms with E-state index in [-0.39, 0.29) is 55.3 Å². The van der Waals surface area contributed by atoms with Gasteiger partial charge in [-0.15, -0.1) is 0 Å². The van der Waals surface area contributed by atoms with Crippen molar-refractivity contribution in [2.24, 2.45) is 0 Å². The third-order valence-electron chi connectivity index (χ3n) is 0. The Kier molecular flexibility index (Phi) is 10300. The van der Waals surface area contributed by atoms with Gasteiger partial charge in [0.1, 0.15) is 0 Å². The van der Waals surface area contributed by atoms with Crippen LogP contribution in [0.2, 0.25) is 0 Å². The van der Waals surface area contributed by atoms with Gasteiger partial charge in [-0.2, -0.15) is 0 Å². The molecule has 40 valence electrons. The predicted molar refractivity (Wildman–Crippen MR) is 4.56 cm³/mol. The number of rotatable bonds is 0. The van der Waals surface area contributed by atoms with Gasteiger partial charge in [-0.25, -0.2) is 0 Å². The van der Waals surface area contributed by atoms with Gasteiger partial charge in [0.2, 0.25) is 0 Å². The topological polar surface area (TPSA) is 85.5 Å². The standard InChI is InChI=1S/FH.2Mn.3O/h1H;;;;;/q;2*+3;3*-2. The van der Waals surface area contributed by atoms with Crippen molar-refractivity contribution in [1.82, 2.24) is 0 Å². The summed E-state index contributed by atoms with van der Waals surface area (Å²) in [5.74, 6) is 0. The zero-order chi connectivity index (χ0) is 0. The van der Waals surface area contributed by atoms with E-state index in [4.69, 9.17) is 0 Å². The van der Waals surface area contributed by atoms with Gasteiger partial charge in [-0.1, -0.05) is 0 Å². The second kappa shape index (κ2) is 191. The van der Waals surface area contributed by atoms with Gasteiger partial charge in [0.05, 0.1) is 0 Å². The van der Waals surface area contributed by atoms with Crippen LogP contribution in [0.15, 0.2) is 0 Å². The molecule has 0 bridgehead atoms. The van der Waals surface area contributed by atoms with E-state index in [1.54, 1.807) is 0 Å². The van der Waals surface area contributed by atoms with E-state index in [0.717, 1.165) is 0 Å². The molecule has 0 saturated heterocycles. The molecule has 0 spiro atoms. The normalized spacial score (nSPS) is 0. The molecule has 0 aliphatic heterocycles. The van der Waals surface area contributed by atoms with Gasteiger partial charge in [0.15, 0.2) is 0 Å². The van der Waals surface area contributed by atoms with E-state index in [9.17, 15) is 0 Å². The zero-order valence-electron chi connectivity index (χ0n) is 2.39. The van der Waals surface area contributed by atoms with Crippen LogP contribution in [0.25, 0.3) is 0 Å². The van der Waals surface area contributed by atoms with Crippen molar-refractivity contribution in [1.29, 1.82) is 0 Å². The van der Waals surface area contributed by atoms with E-state index >= 15 is 0 Å². The van der Waals surface area contributed by atoms with Crippen LogP contribution in [0.4, 0.5) is 4.70 Å². The summed E-state index contributed by atoms with van der Waals surface area (Å²) < 4.78 is 0. The Hall–Kier alpha value is 0.849. The fraction of sp³-hybridized carbons (Fsp3) is 0. The first-order valence-electron chi connectivity index (χ1n) is 0. The summed E-state index contributed by atoms with van der Waals surface area (Å²) in [5, 5.41) is 0. The van der Waals surface area contributed by atoms with Crippen molar-refractivity contribution < 1.29 is 55.3 Å². The van der Waals surface area contributed by atoms with Gasteiger partial charge >= 0.3 is 34.1 Å². The third kappa shape index (κ3) is 99.7. The zero-order valence-corrected chi connectivity index (χ0v) is 4.75. The van der Waals surface area contributed by atoms with Gasteiger partial charge in [0, 0.05) is 0 Å². The summed E-state index contributed by atoms with van der Waals surface area (Å²) in [6, 6.07) is 0. The molecule has 0 aromatic heterocycles. The predicted octanol–water partition coefficient (Wildman–Crippen LogP) is -0.209. The molecule has 0 aliphatic carbocycles. The molecule has 0 fully saturated rings. The van der Waals surface area contributed by atoms with Crippen molar-refractivity contribution >= 4 is 0 Å². The van der Waals surface area contributed by atoms with Gasteiger partial charge in [-0.3, -0.25) is 4.70 Å². The molecule has 0 amide bonds. The Balaban J connectivity index is 0.